The zero-order chi connectivity index (χ0) is 34.5. The maximum absolute atomic E-state index is 14.3. The summed E-state index contributed by atoms with van der Waals surface area (Å²) in [7, 11) is 3.10. The van der Waals surface area contributed by atoms with Crippen molar-refractivity contribution in [2.75, 3.05) is 45.8 Å². The molecule has 1 aromatic heterocycles. The summed E-state index contributed by atoms with van der Waals surface area (Å²) in [5.41, 5.74) is 2.39. The first kappa shape index (κ1) is 33.5. The largest absolute Gasteiger partial charge is 0.497 e. The van der Waals surface area contributed by atoms with Gasteiger partial charge in [-0.3, -0.25) is 19.0 Å². The van der Waals surface area contributed by atoms with Crippen molar-refractivity contribution in [3.63, 3.8) is 0 Å². The average molecular weight is 683 g/mol. The highest BCUT2D eigenvalue weighted by atomic mass is 32.1. The highest BCUT2D eigenvalue weighted by molar-refractivity contribution is 7.07. The van der Waals surface area contributed by atoms with E-state index in [0.29, 0.717) is 67.0 Å². The smallest absolute Gasteiger partial charge is 0.271 e. The molecule has 2 aliphatic rings. The Bertz CT molecular complexity index is 2080. The second kappa shape index (κ2) is 14.8. The second-order valence-electron chi connectivity index (χ2n) is 11.5. The van der Waals surface area contributed by atoms with Crippen LogP contribution in [0.15, 0.2) is 87.8 Å². The van der Waals surface area contributed by atoms with Crippen LogP contribution in [0.3, 0.4) is 0 Å². The van der Waals surface area contributed by atoms with Crippen molar-refractivity contribution in [1.29, 1.82) is 0 Å². The van der Waals surface area contributed by atoms with Crippen molar-refractivity contribution in [2.24, 2.45) is 4.99 Å². The second-order valence-corrected chi connectivity index (χ2v) is 12.5. The van der Waals surface area contributed by atoms with Gasteiger partial charge in [-0.15, -0.1) is 0 Å². The number of rotatable bonds is 11. The Labute approximate surface area is 287 Å². The van der Waals surface area contributed by atoms with E-state index in [2.05, 4.69) is 5.32 Å². The molecule has 3 aromatic carbocycles. The van der Waals surface area contributed by atoms with Gasteiger partial charge in [-0.1, -0.05) is 35.6 Å². The van der Waals surface area contributed by atoms with Gasteiger partial charge in [-0.25, -0.2) is 4.99 Å². The third-order valence-corrected chi connectivity index (χ3v) is 9.39. The van der Waals surface area contributed by atoms with Crippen molar-refractivity contribution in [3.8, 4) is 23.0 Å². The summed E-state index contributed by atoms with van der Waals surface area (Å²) in [5.74, 6) is 1.50. The van der Waals surface area contributed by atoms with Crippen LogP contribution in [-0.4, -0.2) is 61.8 Å². The molecule has 6 rings (SSSR count). The number of anilines is 1. The van der Waals surface area contributed by atoms with Gasteiger partial charge in [-0.05, 0) is 74.7 Å². The Morgan fingerprint density at radius 3 is 2.45 bits per heavy atom. The van der Waals surface area contributed by atoms with Crippen molar-refractivity contribution < 1.29 is 28.5 Å². The Balaban J connectivity index is 1.40. The molecule has 49 heavy (non-hydrogen) atoms. The molecular formula is C37H38N4O7S. The third-order valence-electron chi connectivity index (χ3n) is 8.41. The zero-order valence-electron chi connectivity index (χ0n) is 27.9. The molecule has 0 unspecified atom stereocenters. The molecule has 0 spiro atoms. The van der Waals surface area contributed by atoms with Crippen LogP contribution < -0.4 is 39.2 Å². The molecular weight excluding hydrogens is 644 g/mol. The first-order chi connectivity index (χ1) is 23.8. The minimum absolute atomic E-state index is 0.0553. The number of fused-ring (bicyclic) bond motifs is 1. The molecule has 1 atom stereocenters. The van der Waals surface area contributed by atoms with Gasteiger partial charge in [0.25, 0.3) is 17.4 Å². The van der Waals surface area contributed by atoms with E-state index in [-0.39, 0.29) is 24.0 Å². The van der Waals surface area contributed by atoms with Crippen molar-refractivity contribution in [2.45, 2.75) is 32.7 Å². The number of amides is 2. The van der Waals surface area contributed by atoms with E-state index >= 15 is 0 Å². The number of nitrogens with one attached hydrogen (secondary N) is 1. The van der Waals surface area contributed by atoms with E-state index in [1.807, 2.05) is 36.1 Å². The van der Waals surface area contributed by atoms with Gasteiger partial charge in [0.05, 0.1) is 36.6 Å². The number of allylic oxidation sites excluding steroid dienone is 1. The summed E-state index contributed by atoms with van der Waals surface area (Å²) in [5, 5.41) is 2.96. The highest BCUT2D eigenvalue weighted by Gasteiger charge is 2.34. The summed E-state index contributed by atoms with van der Waals surface area (Å²) in [6.07, 6.45) is 3.77. The fourth-order valence-corrected chi connectivity index (χ4v) is 7.07. The summed E-state index contributed by atoms with van der Waals surface area (Å²) in [6.45, 7) is 5.45. The van der Waals surface area contributed by atoms with Crippen molar-refractivity contribution in [1.82, 2.24) is 9.47 Å². The first-order valence-corrected chi connectivity index (χ1v) is 16.9. The number of hydrogen-bond donors (Lipinski definition) is 1. The lowest BCUT2D eigenvalue weighted by molar-refractivity contribution is -0.132. The molecule has 0 aliphatic carbocycles. The fourth-order valence-electron chi connectivity index (χ4n) is 6.02. The minimum Gasteiger partial charge on any atom is -0.497 e. The van der Waals surface area contributed by atoms with E-state index in [0.717, 1.165) is 25.9 Å². The SMILES string of the molecule is CCOc1cc(/C=c2/sc3n(c2=O)[C@H](c2ccc(OC)cc2OC)C(C(=O)Nc2ccccc2)=C(C)N=3)ccc1OCC(=O)N1CCCC1. The van der Waals surface area contributed by atoms with E-state index in [1.165, 1.54) is 18.4 Å². The molecule has 0 saturated carbocycles. The Morgan fingerprint density at radius 1 is 0.959 bits per heavy atom. The number of benzene rings is 3. The maximum atomic E-state index is 14.3. The zero-order valence-corrected chi connectivity index (χ0v) is 28.7. The lowest BCUT2D eigenvalue weighted by Gasteiger charge is -2.26. The van der Waals surface area contributed by atoms with Crippen LogP contribution in [-0.2, 0) is 9.59 Å². The van der Waals surface area contributed by atoms with Crippen LogP contribution in [0.4, 0.5) is 5.69 Å². The molecule has 4 aromatic rings. The van der Waals surface area contributed by atoms with Gasteiger partial charge < -0.3 is 29.2 Å². The summed E-state index contributed by atoms with van der Waals surface area (Å²) < 4.78 is 24.9. The van der Waals surface area contributed by atoms with Crippen LogP contribution in [0.1, 0.15) is 43.9 Å². The number of para-hydroxylation sites is 1. The number of thiazole rings is 1. The van der Waals surface area contributed by atoms with Crippen LogP contribution in [0.25, 0.3) is 6.08 Å². The van der Waals surface area contributed by atoms with E-state index < -0.39 is 6.04 Å². The van der Waals surface area contributed by atoms with Gasteiger partial charge in [0.1, 0.15) is 17.5 Å². The summed E-state index contributed by atoms with van der Waals surface area (Å²) in [6, 6.07) is 18.9. The highest BCUT2D eigenvalue weighted by Crippen LogP contribution is 2.38. The number of likely N-dealkylation sites (tertiary alicyclic amines) is 1. The number of aromatic nitrogens is 1. The predicted octanol–water partition coefficient (Wildman–Crippen LogP) is 4.29. The molecule has 1 saturated heterocycles. The first-order valence-electron chi connectivity index (χ1n) is 16.1. The van der Waals surface area contributed by atoms with Gasteiger partial charge in [-0.2, -0.15) is 0 Å². The molecule has 0 bridgehead atoms. The molecule has 1 fully saturated rings. The minimum atomic E-state index is -0.842. The molecule has 254 valence electrons. The number of hydrogen-bond acceptors (Lipinski definition) is 9. The summed E-state index contributed by atoms with van der Waals surface area (Å²) >= 11 is 1.22. The Morgan fingerprint density at radius 2 is 1.73 bits per heavy atom. The molecule has 2 aliphatic heterocycles. The van der Waals surface area contributed by atoms with Crippen LogP contribution >= 0.6 is 11.3 Å². The van der Waals surface area contributed by atoms with Crippen molar-refractivity contribution >= 4 is 34.9 Å². The van der Waals surface area contributed by atoms with Crippen LogP contribution in [0.5, 0.6) is 23.0 Å². The monoisotopic (exact) mass is 682 g/mol. The molecule has 2 amide bonds. The number of methoxy groups -OCH3 is 2. The number of ether oxygens (including phenoxy) is 4. The molecule has 0 radical (unpaired) electrons. The van der Waals surface area contributed by atoms with Crippen LogP contribution in [0.2, 0.25) is 0 Å². The standard InChI is InChI=1S/C37H38N4O7S/c1-5-47-30-19-24(13-16-28(30)48-22-32(42)40-17-9-10-18-40)20-31-36(44)41-34(27-15-14-26(45-3)21-29(27)46-4)33(23(2)38-37(41)49-31)35(43)39-25-11-7-6-8-12-25/h6-8,11-16,19-21,34H,5,9-10,17-18,22H2,1-4H3,(H,39,43)/b31-20+/t34-/m1/s1. The van der Waals surface area contributed by atoms with Crippen LogP contribution in [0, 0.1) is 0 Å². The molecule has 3 heterocycles. The Kier molecular flexibility index (Phi) is 10.1. The van der Waals surface area contributed by atoms with E-state index in [1.54, 1.807) is 67.1 Å². The topological polar surface area (TPSA) is 121 Å². The van der Waals surface area contributed by atoms with Gasteiger partial charge >= 0.3 is 0 Å². The van der Waals surface area contributed by atoms with Gasteiger partial charge in [0, 0.05) is 30.4 Å². The summed E-state index contributed by atoms with van der Waals surface area (Å²) in [4.78, 5) is 47.8. The fraction of sp³-hybridized carbons (Fsp3) is 0.297. The molecule has 12 heteroatoms. The predicted molar refractivity (Wildman–Crippen MR) is 187 cm³/mol. The van der Waals surface area contributed by atoms with Gasteiger partial charge in [0.2, 0.25) is 0 Å². The molecule has 1 N–H and O–H groups in total. The van der Waals surface area contributed by atoms with E-state index in [9.17, 15) is 14.4 Å². The van der Waals surface area contributed by atoms with Crippen molar-refractivity contribution in [3.05, 3.63) is 109 Å². The third kappa shape index (κ3) is 7.09. The number of carbonyl (C=O) groups excluding carboxylic acids is 2. The maximum Gasteiger partial charge on any atom is 0.271 e. The average Bonchev–Trinajstić information content (AvgIpc) is 3.76. The lowest BCUT2D eigenvalue weighted by Crippen LogP contribution is -2.40. The Hall–Kier alpha value is -5.36. The quantitative estimate of drug-likeness (QED) is 0.251. The lowest BCUT2D eigenvalue weighted by atomic mass is 9.94. The van der Waals surface area contributed by atoms with E-state index in [4.69, 9.17) is 23.9 Å². The molecule has 11 nitrogen and oxygen atoms in total. The number of carbonyl (C=O) groups is 2. The normalized spacial score (nSPS) is 15.8. The number of nitrogens with zero attached hydrogens (tertiary/aromatic N) is 3. The van der Waals surface area contributed by atoms with Gasteiger partial charge in [0.15, 0.2) is 22.9 Å².